The summed E-state index contributed by atoms with van der Waals surface area (Å²) in [7, 11) is -2.90. The topological polar surface area (TPSA) is 55.4 Å². The van der Waals surface area contributed by atoms with Crippen LogP contribution >= 0.6 is 0 Å². The van der Waals surface area contributed by atoms with Gasteiger partial charge >= 0.3 is 0 Å². The molecule has 0 radical (unpaired) electrons. The predicted molar refractivity (Wildman–Crippen MR) is 73.3 cm³/mol. The molecule has 0 aliphatic heterocycles. The summed E-state index contributed by atoms with van der Waals surface area (Å²) in [5.41, 5.74) is 1.26. The summed E-state index contributed by atoms with van der Waals surface area (Å²) in [6.45, 7) is 2.60. The summed E-state index contributed by atoms with van der Waals surface area (Å²) in [6, 6.07) is 10.2. The van der Waals surface area contributed by atoms with Gasteiger partial charge in [-0.25, -0.2) is 8.42 Å². The maximum Gasteiger partial charge on any atom is 0.149 e. The first-order valence-corrected chi connectivity index (χ1v) is 8.14. The molecule has 1 aromatic carbocycles. The molecule has 0 saturated carbocycles. The Morgan fingerprint density at radius 2 is 1.89 bits per heavy atom. The van der Waals surface area contributed by atoms with Crippen LogP contribution in [0.5, 0.6) is 0 Å². The molecular weight excluding hydrogens is 250 g/mol. The summed E-state index contributed by atoms with van der Waals surface area (Å²) in [6.07, 6.45) is 2.11. The summed E-state index contributed by atoms with van der Waals surface area (Å²) in [5.74, 6) is 0.102. The second-order valence-electron chi connectivity index (χ2n) is 4.26. The molecule has 102 valence electrons. The van der Waals surface area contributed by atoms with Crippen LogP contribution in [0.3, 0.4) is 0 Å². The van der Waals surface area contributed by atoms with E-state index in [1.165, 1.54) is 11.8 Å². The smallest absolute Gasteiger partial charge is 0.149 e. The summed E-state index contributed by atoms with van der Waals surface area (Å²) < 4.78 is 26.9. The Kier molecular flexibility index (Phi) is 6.93. The first-order valence-electron chi connectivity index (χ1n) is 6.08. The first kappa shape index (κ1) is 15.1. The molecule has 0 spiro atoms. The van der Waals surface area contributed by atoms with E-state index < -0.39 is 9.84 Å². The molecule has 0 aliphatic carbocycles. The Hall–Kier alpha value is -0.910. The lowest BCUT2D eigenvalue weighted by Gasteiger charge is -2.05. The number of sulfone groups is 1. The van der Waals surface area contributed by atoms with E-state index in [1.54, 1.807) is 0 Å². The predicted octanol–water partition coefficient (Wildman–Crippen LogP) is 1.23. The quantitative estimate of drug-likeness (QED) is 0.686. The highest BCUT2D eigenvalue weighted by Gasteiger charge is 2.00. The SMILES string of the molecule is CS(=O)(=O)CCOCCCNCc1ccccc1. The molecule has 18 heavy (non-hydrogen) atoms. The number of nitrogens with one attached hydrogen (secondary N) is 1. The Morgan fingerprint density at radius 1 is 1.17 bits per heavy atom. The highest BCUT2D eigenvalue weighted by molar-refractivity contribution is 7.90. The second-order valence-corrected chi connectivity index (χ2v) is 6.52. The van der Waals surface area contributed by atoms with Crippen LogP contribution in [0.25, 0.3) is 0 Å². The molecule has 1 N–H and O–H groups in total. The Bertz CT molecular complexity index is 417. The van der Waals surface area contributed by atoms with E-state index in [-0.39, 0.29) is 12.4 Å². The monoisotopic (exact) mass is 271 g/mol. The lowest BCUT2D eigenvalue weighted by molar-refractivity contribution is 0.146. The maximum absolute atomic E-state index is 10.8. The summed E-state index contributed by atoms with van der Waals surface area (Å²) in [5, 5.41) is 3.31. The van der Waals surface area contributed by atoms with E-state index in [4.69, 9.17) is 4.74 Å². The molecule has 1 aromatic rings. The normalized spacial score (nSPS) is 11.6. The van der Waals surface area contributed by atoms with Crippen molar-refractivity contribution < 1.29 is 13.2 Å². The number of hydrogen-bond acceptors (Lipinski definition) is 4. The molecule has 0 aromatic heterocycles. The minimum Gasteiger partial charge on any atom is -0.380 e. The van der Waals surface area contributed by atoms with E-state index in [9.17, 15) is 8.42 Å². The Morgan fingerprint density at radius 3 is 2.56 bits per heavy atom. The van der Waals surface area contributed by atoms with Crippen molar-refractivity contribution in [1.29, 1.82) is 0 Å². The standard InChI is InChI=1S/C13H21NO3S/c1-18(15,16)11-10-17-9-5-8-14-12-13-6-3-2-4-7-13/h2-4,6-7,14H,5,8-12H2,1H3. The fraction of sp³-hybridized carbons (Fsp3) is 0.538. The Labute approximate surface area is 109 Å². The average Bonchev–Trinajstić information content (AvgIpc) is 2.32. The van der Waals surface area contributed by atoms with E-state index in [0.717, 1.165) is 19.5 Å². The van der Waals surface area contributed by atoms with Crippen LogP contribution in [0.2, 0.25) is 0 Å². The van der Waals surface area contributed by atoms with Crippen molar-refractivity contribution in [2.24, 2.45) is 0 Å². The third kappa shape index (κ3) is 8.22. The highest BCUT2D eigenvalue weighted by atomic mass is 32.2. The molecule has 0 bridgehead atoms. The zero-order valence-corrected chi connectivity index (χ0v) is 11.6. The minimum absolute atomic E-state index is 0.102. The highest BCUT2D eigenvalue weighted by Crippen LogP contribution is 1.97. The summed E-state index contributed by atoms with van der Waals surface area (Å²) in [4.78, 5) is 0. The number of benzene rings is 1. The number of ether oxygens (including phenoxy) is 1. The molecule has 0 amide bonds. The molecule has 0 aliphatic rings. The fourth-order valence-electron chi connectivity index (χ4n) is 1.44. The maximum atomic E-state index is 10.8. The molecule has 0 fully saturated rings. The van der Waals surface area contributed by atoms with Gasteiger partial charge in [-0.3, -0.25) is 0 Å². The molecule has 4 nitrogen and oxygen atoms in total. The zero-order valence-electron chi connectivity index (χ0n) is 10.8. The van der Waals surface area contributed by atoms with Gasteiger partial charge in [0.1, 0.15) is 9.84 Å². The van der Waals surface area contributed by atoms with Gasteiger partial charge in [0.25, 0.3) is 0 Å². The second kappa shape index (κ2) is 8.24. The van der Waals surface area contributed by atoms with E-state index in [0.29, 0.717) is 6.61 Å². The fourth-order valence-corrected chi connectivity index (χ4v) is 1.86. The van der Waals surface area contributed by atoms with E-state index >= 15 is 0 Å². The van der Waals surface area contributed by atoms with Crippen molar-refractivity contribution in [2.45, 2.75) is 13.0 Å². The molecule has 5 heteroatoms. The lowest BCUT2D eigenvalue weighted by Crippen LogP contribution is -2.17. The van der Waals surface area contributed by atoms with Crippen molar-refractivity contribution in [1.82, 2.24) is 5.32 Å². The van der Waals surface area contributed by atoms with Gasteiger partial charge in [0, 0.05) is 19.4 Å². The van der Waals surface area contributed by atoms with Crippen LogP contribution in [-0.2, 0) is 21.1 Å². The van der Waals surface area contributed by atoms with Gasteiger partial charge in [-0.15, -0.1) is 0 Å². The average molecular weight is 271 g/mol. The van der Waals surface area contributed by atoms with Crippen molar-refractivity contribution in [2.75, 3.05) is 31.8 Å². The van der Waals surface area contributed by atoms with Crippen molar-refractivity contribution in [3.05, 3.63) is 35.9 Å². The van der Waals surface area contributed by atoms with Gasteiger partial charge < -0.3 is 10.1 Å². The third-order valence-electron chi connectivity index (χ3n) is 2.41. The lowest BCUT2D eigenvalue weighted by atomic mass is 10.2. The van der Waals surface area contributed by atoms with Gasteiger partial charge in [0.2, 0.25) is 0 Å². The summed E-state index contributed by atoms with van der Waals surface area (Å²) >= 11 is 0. The van der Waals surface area contributed by atoms with Crippen molar-refractivity contribution in [3.63, 3.8) is 0 Å². The van der Waals surface area contributed by atoms with E-state index in [1.807, 2.05) is 18.2 Å². The molecule has 0 unspecified atom stereocenters. The largest absolute Gasteiger partial charge is 0.380 e. The minimum atomic E-state index is -2.90. The van der Waals surface area contributed by atoms with Crippen LogP contribution in [0.15, 0.2) is 30.3 Å². The number of hydrogen-bond donors (Lipinski definition) is 1. The van der Waals surface area contributed by atoms with Crippen LogP contribution < -0.4 is 5.32 Å². The molecule has 1 rings (SSSR count). The Balaban J connectivity index is 1.93. The first-order chi connectivity index (χ1) is 8.58. The van der Waals surface area contributed by atoms with Crippen LogP contribution in [0.1, 0.15) is 12.0 Å². The van der Waals surface area contributed by atoms with Crippen LogP contribution in [0.4, 0.5) is 0 Å². The van der Waals surface area contributed by atoms with Gasteiger partial charge in [-0.05, 0) is 18.5 Å². The van der Waals surface area contributed by atoms with Crippen LogP contribution in [0, 0.1) is 0 Å². The van der Waals surface area contributed by atoms with Gasteiger partial charge in [-0.1, -0.05) is 30.3 Å². The molecule has 0 heterocycles. The van der Waals surface area contributed by atoms with Gasteiger partial charge in [0.05, 0.1) is 12.4 Å². The van der Waals surface area contributed by atoms with Crippen LogP contribution in [-0.4, -0.2) is 40.2 Å². The number of rotatable bonds is 9. The van der Waals surface area contributed by atoms with Crippen molar-refractivity contribution >= 4 is 9.84 Å². The molecule has 0 atom stereocenters. The van der Waals surface area contributed by atoms with Crippen molar-refractivity contribution in [3.8, 4) is 0 Å². The van der Waals surface area contributed by atoms with E-state index in [2.05, 4.69) is 17.4 Å². The van der Waals surface area contributed by atoms with Gasteiger partial charge in [0.15, 0.2) is 0 Å². The molecule has 0 saturated heterocycles. The zero-order chi connectivity index (χ0) is 13.3. The molecular formula is C13H21NO3S. The van der Waals surface area contributed by atoms with Gasteiger partial charge in [-0.2, -0.15) is 0 Å². The third-order valence-corrected chi connectivity index (χ3v) is 3.32.